The molecule has 1 aliphatic heterocycles. The fourth-order valence-corrected chi connectivity index (χ4v) is 3.93. The van der Waals surface area contributed by atoms with E-state index in [0.717, 1.165) is 11.3 Å². The highest BCUT2D eigenvalue weighted by atomic mass is 32.1. The molecule has 0 spiro atoms. The summed E-state index contributed by atoms with van der Waals surface area (Å²) in [4.78, 5) is 28.3. The second-order valence-corrected chi connectivity index (χ2v) is 7.30. The second kappa shape index (κ2) is 8.05. The highest BCUT2D eigenvalue weighted by Gasteiger charge is 2.40. The molecule has 3 heterocycles. The van der Waals surface area contributed by atoms with Crippen molar-refractivity contribution >= 4 is 23.2 Å². The van der Waals surface area contributed by atoms with E-state index < -0.39 is 48.3 Å². The smallest absolute Gasteiger partial charge is 0.355 e. The molecule has 3 rings (SSSR count). The number of rotatable bonds is 6. The third-order valence-electron chi connectivity index (χ3n) is 4.58. The van der Waals surface area contributed by atoms with Crippen molar-refractivity contribution in [2.24, 2.45) is 0 Å². The first-order valence-electron chi connectivity index (χ1n) is 8.40. The lowest BCUT2D eigenvalue weighted by Crippen LogP contribution is -2.44. The molecule has 0 unspecified atom stereocenters. The Morgan fingerprint density at radius 1 is 1.21 bits per heavy atom. The summed E-state index contributed by atoms with van der Waals surface area (Å²) in [7, 11) is 0. The van der Waals surface area contributed by atoms with Gasteiger partial charge in [-0.25, -0.2) is 31.7 Å². The fourth-order valence-electron chi connectivity index (χ4n) is 2.99. The summed E-state index contributed by atoms with van der Waals surface area (Å²) in [5.74, 6) is -1.94. The van der Waals surface area contributed by atoms with Gasteiger partial charge in [-0.05, 0) is 6.07 Å². The molecule has 7 nitrogen and oxygen atoms in total. The molecule has 1 aliphatic rings. The van der Waals surface area contributed by atoms with Crippen molar-refractivity contribution in [1.82, 2.24) is 19.7 Å². The fraction of sp³-hybridized carbons (Fsp3) is 0.500. The molecular formula is C16H15F5N4O3S. The number of carboxylic acid groups (broad SMARTS) is 1. The first-order chi connectivity index (χ1) is 13.6. The first kappa shape index (κ1) is 21.1. The van der Waals surface area contributed by atoms with E-state index in [1.54, 1.807) is 0 Å². The number of hydrogen-bond donors (Lipinski definition) is 1. The number of amides is 1. The topological polar surface area (TPSA) is 88.3 Å². The standard InChI is InChI=1S/C16H15F5N4O3S/c17-12(18)8-5-10(13(19)20)25(23-8)6-11(26)24-3-1-16(21,2-4-24)15-22-9(7-29-15)14(27)28/h5,7,12-13H,1-4,6H2,(H,27,28). The van der Waals surface area contributed by atoms with Gasteiger partial charge in [-0.1, -0.05) is 0 Å². The summed E-state index contributed by atoms with van der Waals surface area (Å²) in [6.07, 6.45) is -6.46. The zero-order valence-corrected chi connectivity index (χ0v) is 15.5. The van der Waals surface area contributed by atoms with Crippen molar-refractivity contribution in [3.63, 3.8) is 0 Å². The van der Waals surface area contributed by atoms with Gasteiger partial charge in [0, 0.05) is 31.3 Å². The maximum Gasteiger partial charge on any atom is 0.355 e. The molecule has 13 heteroatoms. The minimum atomic E-state index is -3.09. The van der Waals surface area contributed by atoms with Crippen LogP contribution in [-0.4, -0.2) is 49.7 Å². The van der Waals surface area contributed by atoms with Crippen molar-refractivity contribution in [3.8, 4) is 0 Å². The molecule has 2 aromatic heterocycles. The Bertz CT molecular complexity index is 908. The number of piperidine rings is 1. The van der Waals surface area contributed by atoms with Crippen LogP contribution in [0.15, 0.2) is 11.4 Å². The van der Waals surface area contributed by atoms with Crippen LogP contribution in [0.5, 0.6) is 0 Å². The van der Waals surface area contributed by atoms with Crippen molar-refractivity contribution in [2.75, 3.05) is 13.1 Å². The maximum absolute atomic E-state index is 15.1. The van der Waals surface area contributed by atoms with Crippen LogP contribution < -0.4 is 0 Å². The number of nitrogens with zero attached hydrogens (tertiary/aromatic N) is 4. The zero-order chi connectivity index (χ0) is 21.3. The number of thiazole rings is 1. The van der Waals surface area contributed by atoms with Gasteiger partial charge < -0.3 is 10.0 Å². The molecule has 0 bridgehead atoms. The van der Waals surface area contributed by atoms with E-state index in [4.69, 9.17) is 5.11 Å². The Hall–Kier alpha value is -2.57. The normalized spacial score (nSPS) is 16.6. The number of alkyl halides is 5. The quantitative estimate of drug-likeness (QED) is 0.699. The van der Waals surface area contributed by atoms with E-state index in [-0.39, 0.29) is 36.6 Å². The van der Waals surface area contributed by atoms with Crippen LogP contribution in [0, 0.1) is 0 Å². The van der Waals surface area contributed by atoms with Crippen molar-refractivity contribution < 1.29 is 36.6 Å². The number of hydrogen-bond acceptors (Lipinski definition) is 5. The van der Waals surface area contributed by atoms with Crippen molar-refractivity contribution in [1.29, 1.82) is 0 Å². The van der Waals surface area contributed by atoms with Gasteiger partial charge in [0.15, 0.2) is 11.4 Å². The number of halogens is 5. The van der Waals surface area contributed by atoms with Gasteiger partial charge in [-0.15, -0.1) is 11.3 Å². The number of carbonyl (C=O) groups excluding carboxylic acids is 1. The Kier molecular flexibility index (Phi) is 5.87. The summed E-state index contributed by atoms with van der Waals surface area (Å²) in [6.45, 7) is -0.805. The zero-order valence-electron chi connectivity index (χ0n) is 14.7. The molecule has 0 aliphatic carbocycles. The van der Waals surface area contributed by atoms with Crippen LogP contribution in [0.2, 0.25) is 0 Å². The molecule has 29 heavy (non-hydrogen) atoms. The van der Waals surface area contributed by atoms with Gasteiger partial charge in [-0.2, -0.15) is 5.10 Å². The lowest BCUT2D eigenvalue weighted by molar-refractivity contribution is -0.135. The highest BCUT2D eigenvalue weighted by molar-refractivity contribution is 7.10. The molecular weight excluding hydrogens is 423 g/mol. The monoisotopic (exact) mass is 438 g/mol. The summed E-state index contributed by atoms with van der Waals surface area (Å²) in [5.41, 5.74) is -3.83. The van der Waals surface area contributed by atoms with E-state index in [1.807, 2.05) is 0 Å². The summed E-state index contributed by atoms with van der Waals surface area (Å²) in [5, 5.41) is 13.5. The van der Waals surface area contributed by atoms with E-state index in [0.29, 0.717) is 10.7 Å². The van der Waals surface area contributed by atoms with E-state index in [9.17, 15) is 27.2 Å². The summed E-state index contributed by atoms with van der Waals surface area (Å²) >= 11 is 0.867. The van der Waals surface area contributed by atoms with Gasteiger partial charge in [0.2, 0.25) is 5.91 Å². The van der Waals surface area contributed by atoms with Gasteiger partial charge >= 0.3 is 5.97 Å². The lowest BCUT2D eigenvalue weighted by atomic mass is 9.94. The van der Waals surface area contributed by atoms with E-state index in [1.165, 1.54) is 10.3 Å². The number of carbonyl (C=O) groups is 2. The number of aromatic nitrogens is 3. The molecule has 1 N–H and O–H groups in total. The van der Waals surface area contributed by atoms with Gasteiger partial charge in [0.25, 0.3) is 12.9 Å². The average molecular weight is 438 g/mol. The largest absolute Gasteiger partial charge is 0.476 e. The molecule has 0 saturated carbocycles. The van der Waals surface area contributed by atoms with Crippen LogP contribution in [0.25, 0.3) is 0 Å². The van der Waals surface area contributed by atoms with E-state index >= 15 is 4.39 Å². The number of aromatic carboxylic acids is 1. The van der Waals surface area contributed by atoms with Gasteiger partial charge in [0.05, 0.1) is 0 Å². The Balaban J connectivity index is 1.66. The summed E-state index contributed by atoms with van der Waals surface area (Å²) < 4.78 is 67.1. The maximum atomic E-state index is 15.1. The van der Waals surface area contributed by atoms with Gasteiger partial charge in [0.1, 0.15) is 22.9 Å². The average Bonchev–Trinajstić information content (AvgIpc) is 3.30. The highest BCUT2D eigenvalue weighted by Crippen LogP contribution is 2.38. The lowest BCUT2D eigenvalue weighted by Gasteiger charge is -2.35. The van der Waals surface area contributed by atoms with Crippen molar-refractivity contribution in [2.45, 2.75) is 37.9 Å². The van der Waals surface area contributed by atoms with Gasteiger partial charge in [-0.3, -0.25) is 9.48 Å². The minimum Gasteiger partial charge on any atom is -0.476 e. The molecule has 2 aromatic rings. The Labute approximate surface area is 164 Å². The number of carboxylic acids is 1. The van der Waals surface area contributed by atoms with Crippen LogP contribution in [0.3, 0.4) is 0 Å². The third kappa shape index (κ3) is 4.38. The first-order valence-corrected chi connectivity index (χ1v) is 9.28. The Morgan fingerprint density at radius 2 is 1.86 bits per heavy atom. The third-order valence-corrected chi connectivity index (χ3v) is 5.60. The van der Waals surface area contributed by atoms with Crippen LogP contribution in [-0.2, 0) is 17.0 Å². The SMILES string of the molecule is O=C(O)c1csc(C2(F)CCN(C(=O)Cn3nc(C(F)F)cc3C(F)F)CC2)n1. The molecule has 0 radical (unpaired) electrons. The predicted octanol–water partition coefficient (Wildman–Crippen LogP) is 3.40. The Morgan fingerprint density at radius 3 is 2.38 bits per heavy atom. The second-order valence-electron chi connectivity index (χ2n) is 6.44. The van der Waals surface area contributed by atoms with Crippen LogP contribution in [0.4, 0.5) is 22.0 Å². The van der Waals surface area contributed by atoms with Crippen molar-refractivity contribution in [3.05, 3.63) is 33.5 Å². The minimum absolute atomic E-state index is 0.00404. The molecule has 1 amide bonds. The molecule has 1 fully saturated rings. The molecule has 158 valence electrons. The summed E-state index contributed by atoms with van der Waals surface area (Å²) in [6, 6.07) is 0.550. The van der Waals surface area contributed by atoms with E-state index in [2.05, 4.69) is 10.1 Å². The number of likely N-dealkylation sites (tertiary alicyclic amines) is 1. The predicted molar refractivity (Wildman–Crippen MR) is 89.8 cm³/mol. The molecule has 0 aromatic carbocycles. The molecule has 0 atom stereocenters. The van der Waals surface area contributed by atoms with Crippen LogP contribution in [0.1, 0.15) is 52.6 Å². The molecule has 1 saturated heterocycles. The van der Waals surface area contributed by atoms with Crippen LogP contribution >= 0.6 is 11.3 Å².